The Labute approximate surface area is 128 Å². The first-order valence-electron chi connectivity index (χ1n) is 7.32. The van der Waals surface area contributed by atoms with E-state index in [0.717, 1.165) is 12.8 Å². The average Bonchev–Trinajstić information content (AvgIpc) is 3.12. The number of aromatic nitrogens is 4. The molecule has 2 heterocycles. The second-order valence-corrected chi connectivity index (χ2v) is 5.57. The van der Waals surface area contributed by atoms with Crippen molar-refractivity contribution < 1.29 is 9.18 Å². The van der Waals surface area contributed by atoms with Gasteiger partial charge >= 0.3 is 0 Å². The first-order valence-corrected chi connectivity index (χ1v) is 7.32. The molecule has 116 valence electrons. The molecule has 1 saturated carbocycles. The highest BCUT2D eigenvalue weighted by Crippen LogP contribution is 2.33. The van der Waals surface area contributed by atoms with Crippen molar-refractivity contribution in [2.75, 3.05) is 11.9 Å². The summed E-state index contributed by atoms with van der Waals surface area (Å²) in [6, 6.07) is 1.45. The molecule has 1 aliphatic carbocycles. The van der Waals surface area contributed by atoms with Crippen molar-refractivity contribution in [1.82, 2.24) is 20.0 Å². The summed E-state index contributed by atoms with van der Waals surface area (Å²) in [5.41, 5.74) is 1.84. The van der Waals surface area contributed by atoms with E-state index in [9.17, 15) is 9.18 Å². The lowest BCUT2D eigenvalue weighted by atomic mass is 10.2. The van der Waals surface area contributed by atoms with E-state index in [-0.39, 0.29) is 11.9 Å². The number of halogens is 1. The second kappa shape index (κ2) is 5.82. The van der Waals surface area contributed by atoms with Gasteiger partial charge in [-0.2, -0.15) is 15.3 Å². The third-order valence-electron chi connectivity index (χ3n) is 4.25. The second-order valence-electron chi connectivity index (χ2n) is 5.57. The summed E-state index contributed by atoms with van der Waals surface area (Å²) >= 11 is 0. The van der Waals surface area contributed by atoms with Gasteiger partial charge < -0.3 is 4.90 Å². The molecule has 1 aliphatic rings. The lowest BCUT2D eigenvalue weighted by Crippen LogP contribution is -2.27. The number of carbonyl (C=O) groups is 1. The van der Waals surface area contributed by atoms with Gasteiger partial charge in [0, 0.05) is 12.7 Å². The number of hydrogen-bond acceptors (Lipinski definition) is 4. The van der Waals surface area contributed by atoms with Crippen molar-refractivity contribution in [3.8, 4) is 0 Å². The van der Waals surface area contributed by atoms with Gasteiger partial charge in [0.15, 0.2) is 0 Å². The smallest absolute Gasteiger partial charge is 0.261 e. The number of anilines is 1. The summed E-state index contributed by atoms with van der Waals surface area (Å²) in [6.45, 7) is 1.81. The number of amides is 1. The maximum absolute atomic E-state index is 13.9. The summed E-state index contributed by atoms with van der Waals surface area (Å²) in [5, 5.41) is 11.7. The molecule has 0 saturated heterocycles. The molecule has 7 heteroatoms. The van der Waals surface area contributed by atoms with E-state index in [1.807, 2.05) is 6.92 Å². The highest BCUT2D eigenvalue weighted by Gasteiger charge is 2.31. The summed E-state index contributed by atoms with van der Waals surface area (Å²) in [5.74, 6) is -0.190. The highest BCUT2D eigenvalue weighted by molar-refractivity contribution is 6.06. The molecule has 2 aromatic rings. The van der Waals surface area contributed by atoms with Crippen molar-refractivity contribution in [3.63, 3.8) is 0 Å². The summed E-state index contributed by atoms with van der Waals surface area (Å²) < 4.78 is 15.6. The van der Waals surface area contributed by atoms with Gasteiger partial charge in [0.05, 0.1) is 35.9 Å². The van der Waals surface area contributed by atoms with Gasteiger partial charge in [0.2, 0.25) is 0 Å². The van der Waals surface area contributed by atoms with Crippen molar-refractivity contribution in [3.05, 3.63) is 35.9 Å². The highest BCUT2D eigenvalue weighted by atomic mass is 19.1. The van der Waals surface area contributed by atoms with Crippen molar-refractivity contribution >= 4 is 11.6 Å². The molecular formula is C15H18FN5O. The molecule has 2 atom stereocenters. The van der Waals surface area contributed by atoms with Crippen molar-refractivity contribution in [1.29, 1.82) is 0 Å². The number of rotatable bonds is 3. The predicted molar refractivity (Wildman–Crippen MR) is 79.5 cm³/mol. The van der Waals surface area contributed by atoms with Gasteiger partial charge in [-0.05, 0) is 32.3 Å². The van der Waals surface area contributed by atoms with Gasteiger partial charge in [-0.15, -0.1) is 0 Å². The first-order chi connectivity index (χ1) is 10.6. The molecule has 0 spiro atoms. The van der Waals surface area contributed by atoms with E-state index in [1.165, 1.54) is 23.5 Å². The SMILES string of the molecule is Cc1c(C(=O)N(C)c2ccnnc2)cnn1C1CCCC1F. The van der Waals surface area contributed by atoms with Crippen LogP contribution in [0.3, 0.4) is 0 Å². The van der Waals surface area contributed by atoms with Crippen LogP contribution in [-0.4, -0.2) is 39.1 Å². The fourth-order valence-electron chi connectivity index (χ4n) is 2.92. The first kappa shape index (κ1) is 14.6. The number of carbonyl (C=O) groups excluding carboxylic acids is 1. The fraction of sp³-hybridized carbons (Fsp3) is 0.467. The van der Waals surface area contributed by atoms with Gasteiger partial charge in [0.25, 0.3) is 5.91 Å². The van der Waals surface area contributed by atoms with Crippen LogP contribution in [-0.2, 0) is 0 Å². The van der Waals surface area contributed by atoms with Gasteiger partial charge in [-0.25, -0.2) is 4.39 Å². The van der Waals surface area contributed by atoms with Crippen LogP contribution in [0.4, 0.5) is 10.1 Å². The molecule has 0 bridgehead atoms. The Bertz CT molecular complexity index is 672. The summed E-state index contributed by atoms with van der Waals surface area (Å²) in [6.07, 6.45) is 5.87. The minimum absolute atomic E-state index is 0.190. The minimum atomic E-state index is -0.885. The lowest BCUT2D eigenvalue weighted by molar-refractivity contribution is 0.0992. The van der Waals surface area contributed by atoms with Gasteiger partial charge in [-0.1, -0.05) is 0 Å². The number of nitrogens with zero attached hydrogens (tertiary/aromatic N) is 5. The molecule has 1 fully saturated rings. The average molecular weight is 303 g/mol. The summed E-state index contributed by atoms with van der Waals surface area (Å²) in [7, 11) is 1.67. The van der Waals surface area contributed by atoms with Crippen LogP contribution >= 0.6 is 0 Å². The Hall–Kier alpha value is -2.31. The minimum Gasteiger partial charge on any atom is -0.310 e. The molecule has 6 nitrogen and oxygen atoms in total. The fourth-order valence-corrected chi connectivity index (χ4v) is 2.92. The molecular weight excluding hydrogens is 285 g/mol. The molecule has 0 radical (unpaired) electrons. The Balaban J connectivity index is 1.86. The standard InChI is InChI=1S/C15H18FN5O/c1-10-12(9-19-21(10)14-5-3-4-13(14)16)15(22)20(2)11-6-7-17-18-8-11/h6-9,13-14H,3-5H2,1-2H3. The zero-order valence-electron chi connectivity index (χ0n) is 12.6. The number of alkyl halides is 1. The molecule has 3 rings (SSSR count). The lowest BCUT2D eigenvalue weighted by Gasteiger charge is -2.18. The van der Waals surface area contributed by atoms with E-state index < -0.39 is 6.17 Å². The topological polar surface area (TPSA) is 63.9 Å². The quantitative estimate of drug-likeness (QED) is 0.873. The van der Waals surface area contributed by atoms with E-state index in [2.05, 4.69) is 15.3 Å². The van der Waals surface area contributed by atoms with Crippen LogP contribution < -0.4 is 4.90 Å². The monoisotopic (exact) mass is 303 g/mol. The van der Waals surface area contributed by atoms with Crippen molar-refractivity contribution in [2.45, 2.75) is 38.4 Å². The predicted octanol–water partition coefficient (Wildman–Crippen LogP) is 2.32. The molecule has 0 N–H and O–H groups in total. The Kier molecular flexibility index (Phi) is 3.87. The third-order valence-corrected chi connectivity index (χ3v) is 4.25. The van der Waals surface area contributed by atoms with Crippen LogP contribution in [0.5, 0.6) is 0 Å². The zero-order chi connectivity index (χ0) is 15.7. The largest absolute Gasteiger partial charge is 0.310 e. The maximum atomic E-state index is 13.9. The van der Waals surface area contributed by atoms with Crippen LogP contribution in [0.25, 0.3) is 0 Å². The molecule has 2 aromatic heterocycles. The van der Waals surface area contributed by atoms with E-state index in [4.69, 9.17) is 0 Å². The third kappa shape index (κ3) is 2.47. The van der Waals surface area contributed by atoms with Crippen molar-refractivity contribution in [2.24, 2.45) is 0 Å². The number of hydrogen-bond donors (Lipinski definition) is 0. The molecule has 2 unspecified atom stereocenters. The Morgan fingerprint density at radius 1 is 1.36 bits per heavy atom. The summed E-state index contributed by atoms with van der Waals surface area (Å²) in [4.78, 5) is 14.1. The Morgan fingerprint density at radius 2 is 2.18 bits per heavy atom. The van der Waals surface area contributed by atoms with E-state index in [0.29, 0.717) is 23.4 Å². The molecule has 1 amide bonds. The van der Waals surface area contributed by atoms with E-state index >= 15 is 0 Å². The molecule has 22 heavy (non-hydrogen) atoms. The molecule has 0 aliphatic heterocycles. The molecule has 0 aromatic carbocycles. The normalized spacial score (nSPS) is 21.0. The maximum Gasteiger partial charge on any atom is 0.261 e. The van der Waals surface area contributed by atoms with E-state index in [1.54, 1.807) is 17.8 Å². The van der Waals surface area contributed by atoms with Crippen LogP contribution in [0.1, 0.15) is 41.4 Å². The zero-order valence-corrected chi connectivity index (χ0v) is 12.6. The van der Waals surface area contributed by atoms with Gasteiger partial charge in [0.1, 0.15) is 6.17 Å². The Morgan fingerprint density at radius 3 is 2.82 bits per heavy atom. The van der Waals surface area contributed by atoms with Crippen LogP contribution in [0, 0.1) is 6.92 Å². The van der Waals surface area contributed by atoms with Gasteiger partial charge in [-0.3, -0.25) is 9.48 Å². The van der Waals surface area contributed by atoms with Crippen LogP contribution in [0.15, 0.2) is 24.7 Å². The van der Waals surface area contributed by atoms with Crippen LogP contribution in [0.2, 0.25) is 0 Å².